The average molecular weight is 392 g/mol. The molecule has 1 heterocycles. The summed E-state index contributed by atoms with van der Waals surface area (Å²) in [6, 6.07) is 7.46. The molecule has 1 unspecified atom stereocenters. The Labute approximate surface area is 127 Å². The molecule has 2 rings (SSSR count). The Hall–Kier alpha value is -0.670. The van der Waals surface area contributed by atoms with Gasteiger partial charge in [0.2, 0.25) is 11.8 Å². The maximum absolute atomic E-state index is 11.8. The molecule has 0 saturated carbocycles. The van der Waals surface area contributed by atoms with E-state index in [2.05, 4.69) is 33.2 Å². The zero-order valence-electron chi connectivity index (χ0n) is 9.10. The van der Waals surface area contributed by atoms with E-state index in [0.29, 0.717) is 4.32 Å². The summed E-state index contributed by atoms with van der Waals surface area (Å²) in [5, 5.41) is 4.86. The van der Waals surface area contributed by atoms with Gasteiger partial charge in [-0.1, -0.05) is 24.0 Å². The van der Waals surface area contributed by atoms with Crippen molar-refractivity contribution >= 4 is 68.4 Å². The highest BCUT2D eigenvalue weighted by molar-refractivity contribution is 14.1. The van der Waals surface area contributed by atoms with E-state index in [-0.39, 0.29) is 18.2 Å². The molecule has 1 aromatic rings. The van der Waals surface area contributed by atoms with E-state index in [1.807, 2.05) is 24.3 Å². The number of hydrogen-bond acceptors (Lipinski definition) is 4. The van der Waals surface area contributed by atoms with Crippen molar-refractivity contribution in [1.82, 2.24) is 5.32 Å². The Kier molecular flexibility index (Phi) is 4.57. The number of amides is 2. The van der Waals surface area contributed by atoms with Crippen molar-refractivity contribution in [3.63, 3.8) is 0 Å². The van der Waals surface area contributed by atoms with Crippen LogP contribution in [0.15, 0.2) is 24.3 Å². The third-order valence-electron chi connectivity index (χ3n) is 2.27. The summed E-state index contributed by atoms with van der Waals surface area (Å²) in [5.41, 5.74) is 0.728. The molecule has 94 valence electrons. The minimum absolute atomic E-state index is 0.128. The second kappa shape index (κ2) is 5.98. The summed E-state index contributed by atoms with van der Waals surface area (Å²) in [7, 11) is 0. The van der Waals surface area contributed by atoms with Crippen LogP contribution < -0.4 is 10.6 Å². The fourth-order valence-corrected chi connectivity index (χ4v) is 3.07. The van der Waals surface area contributed by atoms with Crippen LogP contribution in [0.25, 0.3) is 0 Å². The molecule has 2 amide bonds. The molecule has 1 aromatic carbocycles. The first-order valence-electron chi connectivity index (χ1n) is 5.11. The monoisotopic (exact) mass is 392 g/mol. The Morgan fingerprint density at radius 2 is 2.11 bits per heavy atom. The minimum atomic E-state index is -0.415. The fraction of sp³-hybridized carbons (Fsp3) is 0.182. The van der Waals surface area contributed by atoms with Crippen LogP contribution in [0.1, 0.15) is 6.42 Å². The minimum Gasteiger partial charge on any atom is -0.326 e. The van der Waals surface area contributed by atoms with Gasteiger partial charge in [0.1, 0.15) is 4.32 Å². The van der Waals surface area contributed by atoms with Crippen molar-refractivity contribution in [2.45, 2.75) is 11.7 Å². The first kappa shape index (κ1) is 13.8. The third-order valence-corrected chi connectivity index (χ3v) is 4.36. The number of halogens is 1. The highest BCUT2D eigenvalue weighted by Gasteiger charge is 2.30. The zero-order chi connectivity index (χ0) is 13.1. The van der Waals surface area contributed by atoms with E-state index in [4.69, 9.17) is 12.2 Å². The summed E-state index contributed by atoms with van der Waals surface area (Å²) >= 11 is 8.28. The standard InChI is InChI=1S/C11H9IN2O2S2/c12-6-1-3-7(4-2-6)13-9(15)5-8-10(16)14-11(17)18-8/h1-4,8H,5H2,(H,13,15)(H,14,16,17). The predicted molar refractivity (Wildman–Crippen MR) is 84.5 cm³/mol. The van der Waals surface area contributed by atoms with Crippen molar-refractivity contribution in [1.29, 1.82) is 0 Å². The van der Waals surface area contributed by atoms with Gasteiger partial charge in [-0.15, -0.1) is 0 Å². The lowest BCUT2D eigenvalue weighted by molar-refractivity contribution is -0.122. The van der Waals surface area contributed by atoms with Crippen LogP contribution in [0.5, 0.6) is 0 Å². The van der Waals surface area contributed by atoms with E-state index in [0.717, 1.165) is 9.26 Å². The number of thiocarbonyl (C=S) groups is 1. The van der Waals surface area contributed by atoms with Gasteiger partial charge in [-0.25, -0.2) is 0 Å². The van der Waals surface area contributed by atoms with Gasteiger partial charge < -0.3 is 10.6 Å². The number of nitrogens with one attached hydrogen (secondary N) is 2. The zero-order valence-corrected chi connectivity index (χ0v) is 12.9. The second-order valence-corrected chi connectivity index (χ2v) is 6.77. The van der Waals surface area contributed by atoms with E-state index in [1.165, 1.54) is 11.8 Å². The summed E-state index contributed by atoms with van der Waals surface area (Å²) in [4.78, 5) is 23.2. The van der Waals surface area contributed by atoms with Gasteiger partial charge in [-0.05, 0) is 46.9 Å². The average Bonchev–Trinajstić information content (AvgIpc) is 2.61. The van der Waals surface area contributed by atoms with Crippen LogP contribution in [0.3, 0.4) is 0 Å². The molecule has 4 nitrogen and oxygen atoms in total. The lowest BCUT2D eigenvalue weighted by Crippen LogP contribution is -2.27. The molecule has 0 radical (unpaired) electrons. The third kappa shape index (κ3) is 3.66. The largest absolute Gasteiger partial charge is 0.326 e. The van der Waals surface area contributed by atoms with E-state index >= 15 is 0 Å². The molecule has 18 heavy (non-hydrogen) atoms. The number of rotatable bonds is 3. The number of hydrogen-bond donors (Lipinski definition) is 2. The Balaban J connectivity index is 1.91. The second-order valence-electron chi connectivity index (χ2n) is 3.64. The van der Waals surface area contributed by atoms with Gasteiger partial charge >= 0.3 is 0 Å². The maximum Gasteiger partial charge on any atom is 0.239 e. The Morgan fingerprint density at radius 3 is 2.67 bits per heavy atom. The molecular weight excluding hydrogens is 383 g/mol. The molecule has 0 bridgehead atoms. The summed E-state index contributed by atoms with van der Waals surface area (Å²) < 4.78 is 1.54. The van der Waals surface area contributed by atoms with Crippen molar-refractivity contribution in [3.8, 4) is 0 Å². The molecule has 1 atom stereocenters. The molecule has 1 aliphatic heterocycles. The number of benzene rings is 1. The highest BCUT2D eigenvalue weighted by Crippen LogP contribution is 2.22. The molecule has 1 saturated heterocycles. The van der Waals surface area contributed by atoms with Crippen LogP contribution in [0.2, 0.25) is 0 Å². The van der Waals surface area contributed by atoms with E-state index < -0.39 is 5.25 Å². The van der Waals surface area contributed by atoms with E-state index in [1.54, 1.807) is 0 Å². The molecule has 1 fully saturated rings. The fourth-order valence-electron chi connectivity index (χ4n) is 1.44. The van der Waals surface area contributed by atoms with Gasteiger partial charge in [-0.3, -0.25) is 9.59 Å². The Bertz CT molecular complexity index is 504. The first-order chi connectivity index (χ1) is 8.54. The quantitative estimate of drug-likeness (QED) is 0.612. The molecule has 7 heteroatoms. The molecule has 0 aromatic heterocycles. The van der Waals surface area contributed by atoms with Gasteiger partial charge in [0.05, 0.1) is 5.25 Å². The van der Waals surface area contributed by atoms with Gasteiger partial charge in [0.25, 0.3) is 0 Å². The summed E-state index contributed by atoms with van der Waals surface area (Å²) in [6.07, 6.45) is 0.128. The molecule has 1 aliphatic rings. The molecule has 0 spiro atoms. The van der Waals surface area contributed by atoms with Crippen molar-refractivity contribution in [2.75, 3.05) is 5.32 Å². The Morgan fingerprint density at radius 1 is 1.44 bits per heavy atom. The topological polar surface area (TPSA) is 58.2 Å². The number of carbonyl (C=O) groups excluding carboxylic acids is 2. The molecule has 2 N–H and O–H groups in total. The van der Waals surface area contributed by atoms with Crippen LogP contribution in [-0.2, 0) is 9.59 Å². The van der Waals surface area contributed by atoms with Crippen molar-refractivity contribution in [2.24, 2.45) is 0 Å². The van der Waals surface area contributed by atoms with Crippen LogP contribution in [-0.4, -0.2) is 21.4 Å². The smallest absolute Gasteiger partial charge is 0.239 e. The predicted octanol–water partition coefficient (Wildman–Crippen LogP) is 2.14. The lowest BCUT2D eigenvalue weighted by atomic mass is 10.2. The number of thioether (sulfide) groups is 1. The lowest BCUT2D eigenvalue weighted by Gasteiger charge is -2.07. The summed E-state index contributed by atoms with van der Waals surface area (Å²) in [6.45, 7) is 0. The maximum atomic E-state index is 11.8. The van der Waals surface area contributed by atoms with Gasteiger partial charge in [0.15, 0.2) is 0 Å². The first-order valence-corrected chi connectivity index (χ1v) is 7.48. The SMILES string of the molecule is O=C(CC1SC(=S)NC1=O)Nc1ccc(I)cc1. The number of anilines is 1. The normalized spacial score (nSPS) is 18.6. The van der Waals surface area contributed by atoms with Gasteiger partial charge in [-0.2, -0.15) is 0 Å². The van der Waals surface area contributed by atoms with Crippen LogP contribution >= 0.6 is 46.6 Å². The number of carbonyl (C=O) groups is 2. The van der Waals surface area contributed by atoms with Crippen molar-refractivity contribution in [3.05, 3.63) is 27.8 Å². The van der Waals surface area contributed by atoms with E-state index in [9.17, 15) is 9.59 Å². The molecular formula is C11H9IN2O2S2. The molecule has 0 aliphatic carbocycles. The highest BCUT2D eigenvalue weighted by atomic mass is 127. The van der Waals surface area contributed by atoms with Crippen molar-refractivity contribution < 1.29 is 9.59 Å². The van der Waals surface area contributed by atoms with Crippen LogP contribution in [0.4, 0.5) is 5.69 Å². The van der Waals surface area contributed by atoms with Crippen LogP contribution in [0, 0.1) is 3.57 Å². The van der Waals surface area contributed by atoms with Gasteiger partial charge in [0, 0.05) is 15.7 Å². The summed E-state index contributed by atoms with van der Waals surface area (Å²) in [5.74, 6) is -0.378.